The summed E-state index contributed by atoms with van der Waals surface area (Å²) >= 11 is 5.72. The molecule has 0 radical (unpaired) electrons. The summed E-state index contributed by atoms with van der Waals surface area (Å²) in [5.74, 6) is -0.266. The van der Waals surface area contributed by atoms with Crippen LogP contribution in [-0.2, 0) is 10.0 Å². The molecule has 120 valence electrons. The Morgan fingerprint density at radius 3 is 2.62 bits per heavy atom. The highest BCUT2D eigenvalue weighted by molar-refractivity contribution is 7.89. The Labute approximate surface area is 127 Å². The molecular weight excluding hydrogens is 326 g/mol. The van der Waals surface area contributed by atoms with Crippen molar-refractivity contribution in [2.24, 2.45) is 0 Å². The second kappa shape index (κ2) is 8.47. The molecule has 21 heavy (non-hydrogen) atoms. The molecule has 0 aliphatic rings. The molecule has 0 aliphatic heterocycles. The monoisotopic (exact) mass is 342 g/mol. The van der Waals surface area contributed by atoms with E-state index in [0.717, 1.165) is 24.7 Å². The SMILES string of the molecule is CCNCCCNS(=O)(=O)c1ccc(OC(F)F)c(Cl)c1. The molecule has 0 unspecified atom stereocenters. The molecule has 0 fully saturated rings. The van der Waals surface area contributed by atoms with Gasteiger partial charge in [-0.2, -0.15) is 8.78 Å². The smallest absolute Gasteiger partial charge is 0.387 e. The summed E-state index contributed by atoms with van der Waals surface area (Å²) in [4.78, 5) is -0.0995. The third kappa shape index (κ3) is 6.13. The highest BCUT2D eigenvalue weighted by Crippen LogP contribution is 2.28. The van der Waals surface area contributed by atoms with Crippen molar-refractivity contribution in [2.45, 2.75) is 24.9 Å². The lowest BCUT2D eigenvalue weighted by Crippen LogP contribution is -2.27. The largest absolute Gasteiger partial charge is 0.433 e. The van der Waals surface area contributed by atoms with E-state index in [0.29, 0.717) is 13.0 Å². The van der Waals surface area contributed by atoms with Crippen molar-refractivity contribution < 1.29 is 21.9 Å². The second-order valence-electron chi connectivity index (χ2n) is 4.08. The zero-order valence-electron chi connectivity index (χ0n) is 11.4. The third-order valence-electron chi connectivity index (χ3n) is 2.50. The van der Waals surface area contributed by atoms with Crippen LogP contribution in [0, 0.1) is 0 Å². The highest BCUT2D eigenvalue weighted by atomic mass is 35.5. The normalized spacial score (nSPS) is 11.9. The molecule has 0 amide bonds. The van der Waals surface area contributed by atoms with Gasteiger partial charge >= 0.3 is 6.61 Å². The predicted octanol–water partition coefficient (Wildman–Crippen LogP) is 2.22. The Hall–Kier alpha value is -0.960. The summed E-state index contributed by atoms with van der Waals surface area (Å²) in [6.07, 6.45) is 0.632. The molecule has 0 heterocycles. The van der Waals surface area contributed by atoms with Crippen LogP contribution >= 0.6 is 11.6 Å². The van der Waals surface area contributed by atoms with Crippen LogP contribution in [0.3, 0.4) is 0 Å². The number of ether oxygens (including phenoxy) is 1. The Balaban J connectivity index is 2.68. The van der Waals surface area contributed by atoms with Crippen molar-refractivity contribution in [3.8, 4) is 5.75 Å². The van der Waals surface area contributed by atoms with E-state index in [1.54, 1.807) is 0 Å². The van der Waals surface area contributed by atoms with Crippen molar-refractivity contribution in [1.29, 1.82) is 0 Å². The summed E-state index contributed by atoms with van der Waals surface area (Å²) in [6, 6.07) is 3.34. The molecule has 0 spiro atoms. The number of halogens is 3. The van der Waals surface area contributed by atoms with Crippen LogP contribution in [0.2, 0.25) is 5.02 Å². The Kier molecular flexibility index (Phi) is 7.30. The van der Waals surface area contributed by atoms with Crippen molar-refractivity contribution in [3.63, 3.8) is 0 Å². The van der Waals surface area contributed by atoms with E-state index in [-0.39, 0.29) is 22.2 Å². The lowest BCUT2D eigenvalue weighted by molar-refractivity contribution is -0.0498. The highest BCUT2D eigenvalue weighted by Gasteiger charge is 2.16. The molecule has 1 rings (SSSR count). The lowest BCUT2D eigenvalue weighted by atomic mass is 10.3. The van der Waals surface area contributed by atoms with Gasteiger partial charge in [0.25, 0.3) is 0 Å². The number of benzene rings is 1. The molecule has 1 aromatic rings. The molecule has 0 bridgehead atoms. The summed E-state index contributed by atoms with van der Waals surface area (Å²) < 4.78 is 54.7. The van der Waals surface area contributed by atoms with Crippen LogP contribution < -0.4 is 14.8 Å². The van der Waals surface area contributed by atoms with Gasteiger partial charge in [-0.25, -0.2) is 13.1 Å². The number of alkyl halides is 2. The number of nitrogens with one attached hydrogen (secondary N) is 2. The van der Waals surface area contributed by atoms with Gasteiger partial charge in [0.05, 0.1) is 9.92 Å². The van der Waals surface area contributed by atoms with E-state index in [2.05, 4.69) is 14.8 Å². The second-order valence-corrected chi connectivity index (χ2v) is 6.25. The molecule has 0 aliphatic carbocycles. The topological polar surface area (TPSA) is 67.4 Å². The number of rotatable bonds is 9. The first-order valence-corrected chi connectivity index (χ1v) is 8.17. The standard InChI is InChI=1S/C12H17ClF2N2O3S/c1-2-16-6-3-7-17-21(18,19)9-4-5-11(10(13)8-9)20-12(14)15/h4-5,8,12,16-17H,2-3,6-7H2,1H3. The van der Waals surface area contributed by atoms with Gasteiger partial charge in [-0.3, -0.25) is 0 Å². The van der Waals surface area contributed by atoms with Crippen LogP contribution in [0.15, 0.2) is 23.1 Å². The van der Waals surface area contributed by atoms with Crippen molar-refractivity contribution in [3.05, 3.63) is 23.2 Å². The maximum atomic E-state index is 12.1. The zero-order valence-corrected chi connectivity index (χ0v) is 13.0. The van der Waals surface area contributed by atoms with E-state index in [1.165, 1.54) is 0 Å². The first-order valence-electron chi connectivity index (χ1n) is 6.31. The van der Waals surface area contributed by atoms with Crippen molar-refractivity contribution in [1.82, 2.24) is 10.0 Å². The average molecular weight is 343 g/mol. The number of hydrogen-bond donors (Lipinski definition) is 2. The summed E-state index contributed by atoms with van der Waals surface area (Å²) in [6.45, 7) is 0.709. The predicted molar refractivity (Wildman–Crippen MR) is 76.4 cm³/mol. The van der Waals surface area contributed by atoms with Crippen molar-refractivity contribution >= 4 is 21.6 Å². The molecule has 0 atom stereocenters. The van der Waals surface area contributed by atoms with Gasteiger partial charge in [0.1, 0.15) is 5.75 Å². The fourth-order valence-electron chi connectivity index (χ4n) is 1.52. The number of sulfonamides is 1. The Bertz CT molecular complexity index is 555. The molecule has 1 aromatic carbocycles. The van der Waals surface area contributed by atoms with E-state index >= 15 is 0 Å². The minimum atomic E-state index is -3.72. The molecule has 5 nitrogen and oxygen atoms in total. The van der Waals surface area contributed by atoms with Crippen LogP contribution in [0.4, 0.5) is 8.78 Å². The fourth-order valence-corrected chi connectivity index (χ4v) is 2.91. The van der Waals surface area contributed by atoms with E-state index in [1.807, 2.05) is 6.92 Å². The van der Waals surface area contributed by atoms with Gasteiger partial charge in [0, 0.05) is 6.54 Å². The van der Waals surface area contributed by atoms with Gasteiger partial charge in [-0.1, -0.05) is 18.5 Å². The zero-order chi connectivity index (χ0) is 15.9. The quantitative estimate of drug-likeness (QED) is 0.675. The third-order valence-corrected chi connectivity index (χ3v) is 4.26. The molecular formula is C12H17ClF2N2O3S. The van der Waals surface area contributed by atoms with Crippen LogP contribution in [0.1, 0.15) is 13.3 Å². The number of hydrogen-bond acceptors (Lipinski definition) is 4. The summed E-state index contributed by atoms with van der Waals surface area (Å²) in [7, 11) is -3.72. The van der Waals surface area contributed by atoms with Crippen molar-refractivity contribution in [2.75, 3.05) is 19.6 Å². The van der Waals surface area contributed by atoms with E-state index in [9.17, 15) is 17.2 Å². The molecule has 2 N–H and O–H groups in total. The Morgan fingerprint density at radius 2 is 2.05 bits per heavy atom. The van der Waals surface area contributed by atoms with Gasteiger partial charge < -0.3 is 10.1 Å². The fraction of sp³-hybridized carbons (Fsp3) is 0.500. The molecule has 0 saturated heterocycles. The minimum absolute atomic E-state index is 0.0995. The van der Waals surface area contributed by atoms with Gasteiger partial charge in [0.15, 0.2) is 0 Å². The van der Waals surface area contributed by atoms with Crippen LogP contribution in [-0.4, -0.2) is 34.7 Å². The van der Waals surface area contributed by atoms with Gasteiger partial charge in [-0.05, 0) is 37.7 Å². The average Bonchev–Trinajstić information content (AvgIpc) is 2.40. The van der Waals surface area contributed by atoms with E-state index in [4.69, 9.17) is 11.6 Å². The molecule has 0 aromatic heterocycles. The molecule has 0 saturated carbocycles. The Morgan fingerprint density at radius 1 is 1.33 bits per heavy atom. The van der Waals surface area contributed by atoms with Gasteiger partial charge in [-0.15, -0.1) is 0 Å². The van der Waals surface area contributed by atoms with Crippen LogP contribution in [0.5, 0.6) is 5.75 Å². The first-order chi connectivity index (χ1) is 9.86. The van der Waals surface area contributed by atoms with Gasteiger partial charge in [0.2, 0.25) is 10.0 Å². The summed E-state index contributed by atoms with van der Waals surface area (Å²) in [5, 5.41) is 2.88. The van der Waals surface area contributed by atoms with E-state index < -0.39 is 16.6 Å². The summed E-state index contributed by atoms with van der Waals surface area (Å²) in [5.41, 5.74) is 0. The molecule has 9 heteroatoms. The minimum Gasteiger partial charge on any atom is -0.433 e. The maximum absolute atomic E-state index is 12.1. The lowest BCUT2D eigenvalue weighted by Gasteiger charge is -2.10. The first kappa shape index (κ1) is 18.1. The maximum Gasteiger partial charge on any atom is 0.387 e. The van der Waals surface area contributed by atoms with Crippen LogP contribution in [0.25, 0.3) is 0 Å².